The number of hydrogen-bond acceptors (Lipinski definition) is 22. The highest BCUT2D eigenvalue weighted by Crippen LogP contribution is 2.55. The maximum Gasteiger partial charge on any atom is 0.225 e. The monoisotopic (exact) mass is 1950 g/mol. The van der Waals surface area contributed by atoms with Crippen molar-refractivity contribution < 1.29 is 141 Å². The number of halogens is 6. The van der Waals surface area contributed by atoms with E-state index in [9.17, 15) is 40.1 Å². The molecule has 5 aliphatic heterocycles. The summed E-state index contributed by atoms with van der Waals surface area (Å²) in [5.74, 6) is -10.0. The van der Waals surface area contributed by atoms with Crippen molar-refractivity contribution in [1.29, 1.82) is 0 Å². The molecule has 12 aromatic rings. The molecule has 722 valence electrons. The van der Waals surface area contributed by atoms with Crippen molar-refractivity contribution in [2.45, 2.75) is 169 Å². The van der Waals surface area contributed by atoms with Gasteiger partial charge in [-0.15, -0.1) is 0 Å². The number of hydrogen-bond donors (Lipinski definition) is 7. The summed E-state index contributed by atoms with van der Waals surface area (Å²) >= 11 is 19.9. The molecule has 137 heavy (non-hydrogen) atoms. The van der Waals surface area contributed by atoms with Crippen LogP contribution in [-0.2, 0) is 133 Å². The third-order valence-corrected chi connectivity index (χ3v) is 25.8. The van der Waals surface area contributed by atoms with E-state index in [2.05, 4.69) is 0 Å². The minimum Gasteiger partial charge on any atom is -0.491 e. The molecule has 0 aliphatic carbocycles. The Hall–Kier alpha value is -10.1. The number of rotatable bonds is 38. The van der Waals surface area contributed by atoms with Crippen molar-refractivity contribution in [3.63, 3.8) is 0 Å². The van der Waals surface area contributed by atoms with E-state index in [1.807, 2.05) is 182 Å². The predicted molar refractivity (Wildman–Crippen MR) is 507 cm³/mol. The fourth-order valence-electron chi connectivity index (χ4n) is 17.6. The molecule has 0 radical (unpaired) electrons. The molecule has 4 bridgehead atoms. The third kappa shape index (κ3) is 22.7. The van der Waals surface area contributed by atoms with E-state index in [1.54, 1.807) is 36.4 Å². The molecule has 12 aromatic carbocycles. The molecule has 5 saturated heterocycles. The van der Waals surface area contributed by atoms with E-state index < -0.39 is 190 Å². The van der Waals surface area contributed by atoms with Crippen LogP contribution in [0.1, 0.15) is 125 Å². The van der Waals surface area contributed by atoms with Gasteiger partial charge in [-0.05, 0) is 179 Å². The van der Waals surface area contributed by atoms with Gasteiger partial charge in [-0.25, -0.2) is 13.2 Å². The Morgan fingerprint density at radius 1 is 0.350 bits per heavy atom. The molecule has 5 fully saturated rings. The van der Waals surface area contributed by atoms with E-state index in [4.69, 9.17) is 126 Å². The average molecular weight is 1950 g/mol. The standard InChI is InChI=1S/C44H46ClFO8.C43H42ClFO7.C22H24ClFO7/c1-3-50-39-22-19-34(24-38(39)46)23-35-25-36(20-21-37(35)45)44(49-2)42(53-28-33-17-11-6-12-18-33)40(51-26-31-13-7-4-8-14-31)41(43(29-47,30-48)54-44)52-27-32-15-9-5-10-16-32;1-2-47-38-21-18-33(23-37(38)45)22-34-24-35(19-20-36(34)44)43-41(50-27-32-16-10-5-11-17-32)39(48-25-30-12-6-3-7-13-30)40(42(28-46,52-43)29-51-43)49-26-31-14-8-4-9-15-31;1-2-29-17-6-3-12(8-16(17)24)7-13-9-14(4-5-15(13)23)22-20(28)18(26)19(27)21(10-25,31-22)11-30-22/h4-22,24-25,40-42,47-48H,3,23,26-30H2,1-2H3;3-21,23-24,39-41,46H,2,22,25-29H2,1H3;3-6,8-9,18-20,25-28H,2,7,10-11H2,1H3/t40-,41-,42+,44-;39-,40-,41+,42+,43+;18-,19-,20+,21+,22+/m000/s1/i1D3,3D2;2*1D3,2D2. The van der Waals surface area contributed by atoms with E-state index >= 15 is 8.78 Å². The number of aliphatic hydroxyl groups is 7. The van der Waals surface area contributed by atoms with Crippen LogP contribution in [0.4, 0.5) is 13.2 Å². The van der Waals surface area contributed by atoms with Gasteiger partial charge in [0.15, 0.2) is 34.7 Å². The summed E-state index contributed by atoms with van der Waals surface area (Å²) in [4.78, 5) is 0. The lowest BCUT2D eigenvalue weighted by atomic mass is 9.80. The summed E-state index contributed by atoms with van der Waals surface area (Å²) in [6, 6.07) is 83.1. The molecule has 0 amide bonds. The van der Waals surface area contributed by atoms with Crippen molar-refractivity contribution >= 4 is 34.8 Å². The highest BCUT2D eigenvalue weighted by molar-refractivity contribution is 6.32. The van der Waals surface area contributed by atoms with E-state index in [1.165, 1.54) is 49.6 Å². The Labute approximate surface area is 830 Å². The van der Waals surface area contributed by atoms with Crippen LogP contribution in [0.2, 0.25) is 15.1 Å². The molecule has 0 saturated carbocycles. The van der Waals surface area contributed by atoms with E-state index in [0.717, 1.165) is 63.7 Å². The van der Waals surface area contributed by atoms with Gasteiger partial charge in [-0.3, -0.25) is 0 Å². The first-order valence-electron chi connectivity index (χ1n) is 51.4. The fraction of sp³-hybridized carbons (Fsp3) is 0.339. The zero-order valence-electron chi connectivity index (χ0n) is 89.0. The first-order valence-corrected chi connectivity index (χ1v) is 45.0. The van der Waals surface area contributed by atoms with Gasteiger partial charge in [0, 0.05) is 51.2 Å². The van der Waals surface area contributed by atoms with Gasteiger partial charge in [0.2, 0.25) is 17.4 Å². The number of fused-ring (bicyclic) bond motifs is 4. The van der Waals surface area contributed by atoms with Crippen molar-refractivity contribution in [3.05, 3.63) is 407 Å². The summed E-state index contributed by atoms with van der Waals surface area (Å²) in [6.45, 7) is -20.8. The summed E-state index contributed by atoms with van der Waals surface area (Å²) in [6.07, 6.45) is -10.7. The highest BCUT2D eigenvalue weighted by Gasteiger charge is 2.71. The van der Waals surface area contributed by atoms with Gasteiger partial charge in [0.1, 0.15) is 71.7 Å². The van der Waals surface area contributed by atoms with Crippen molar-refractivity contribution in [3.8, 4) is 17.2 Å². The summed E-state index contributed by atoms with van der Waals surface area (Å²) in [5.41, 5.74) is 4.23. The fourth-order valence-corrected chi connectivity index (χ4v) is 18.2. The largest absolute Gasteiger partial charge is 0.491 e. The van der Waals surface area contributed by atoms with Gasteiger partial charge >= 0.3 is 0 Å². The Balaban J connectivity index is 0.000000175. The van der Waals surface area contributed by atoms with Crippen LogP contribution >= 0.6 is 34.8 Å². The van der Waals surface area contributed by atoms with Crippen LogP contribution < -0.4 is 14.2 Å². The topological polar surface area (TPSA) is 280 Å². The van der Waals surface area contributed by atoms with Crippen LogP contribution in [0.5, 0.6) is 17.2 Å². The second-order valence-electron chi connectivity index (χ2n) is 33.5. The maximum atomic E-state index is 15.3. The molecule has 5 heterocycles. The first kappa shape index (κ1) is 82.8. The summed E-state index contributed by atoms with van der Waals surface area (Å²) in [5, 5.41) is 75.7. The van der Waals surface area contributed by atoms with Gasteiger partial charge in [0.25, 0.3) is 0 Å². The number of methoxy groups -OCH3 is 1. The first-order chi connectivity index (χ1) is 72.2. The molecule has 5 aliphatic rings. The van der Waals surface area contributed by atoms with Crippen molar-refractivity contribution in [2.24, 2.45) is 0 Å². The molecule has 28 heteroatoms. The van der Waals surface area contributed by atoms with Crippen molar-refractivity contribution in [2.75, 3.05) is 66.4 Å². The smallest absolute Gasteiger partial charge is 0.225 e. The minimum absolute atomic E-state index is 0.0489. The quantitative estimate of drug-likeness (QED) is 0.0189. The third-order valence-electron chi connectivity index (χ3n) is 24.7. The molecule has 17 rings (SSSR count). The van der Waals surface area contributed by atoms with Crippen LogP contribution in [-0.4, -0.2) is 174 Å². The molecule has 0 spiro atoms. The SMILES string of the molecule is [2H]C([2H])([2H])C([2H])([2H])Oc1ccc(Cc2cc([C@@]34OC[C@@](CO)(O3)[C@@H](O)[C@H](O)[C@H]4O)ccc2Cl)cc1F.[2H]C([2H])([2H])C([2H])([2H])Oc1ccc(Cc2cc([C@@]34OC[C@@](CO)(O3)[C@@H](OCc3ccccc3)[C@H](OCc3ccccc3)[C@H]4OCc3ccccc3)ccc2Cl)cc1F.[2H]C([2H])([2H])C([2H])([2H])Oc1ccc(Cc2cc([C@]3(OC)OC(CO)(CO)[C@@H](OCc4ccccc4)[C@H](OCc4ccccc4)[C@H]3OCc3ccccc3)ccc2Cl)cc1F. The molecule has 14 atom stereocenters. The Bertz CT molecular complexity index is 6590. The lowest BCUT2D eigenvalue weighted by molar-refractivity contribution is -0.417. The second-order valence-corrected chi connectivity index (χ2v) is 34.8. The lowest BCUT2D eigenvalue weighted by Crippen LogP contribution is -2.72. The highest BCUT2D eigenvalue weighted by atomic mass is 35.5. The van der Waals surface area contributed by atoms with Crippen LogP contribution in [0, 0.1) is 17.5 Å². The van der Waals surface area contributed by atoms with Crippen LogP contribution in [0.15, 0.2) is 291 Å². The molecular formula is C109H112Cl3F3O22. The maximum absolute atomic E-state index is 15.3. The summed E-state index contributed by atoms with van der Waals surface area (Å²) in [7, 11) is 1.41. The second kappa shape index (κ2) is 46.4. The molecule has 0 aromatic heterocycles. The van der Waals surface area contributed by atoms with Gasteiger partial charge in [-0.2, -0.15) is 0 Å². The predicted octanol–water partition coefficient (Wildman–Crippen LogP) is 17.4. The van der Waals surface area contributed by atoms with E-state index in [0.29, 0.717) is 54.6 Å². The van der Waals surface area contributed by atoms with Crippen molar-refractivity contribution in [1.82, 2.24) is 0 Å². The summed E-state index contributed by atoms with van der Waals surface area (Å²) < 4.78 is 251. The molecule has 0 unspecified atom stereocenters. The number of benzene rings is 12. The zero-order chi connectivity index (χ0) is 109. The van der Waals surface area contributed by atoms with Crippen LogP contribution in [0.3, 0.4) is 0 Å². The Kier molecular flexibility index (Phi) is 28.0. The van der Waals surface area contributed by atoms with Gasteiger partial charge in [0.05, 0.1) is 107 Å². The molecule has 7 N–H and O–H groups in total. The normalized spacial score (nSPS) is 26.8. The Morgan fingerprint density at radius 3 is 1.05 bits per heavy atom. The molecule has 22 nitrogen and oxygen atoms in total. The Morgan fingerprint density at radius 2 is 0.679 bits per heavy atom. The van der Waals surface area contributed by atoms with Gasteiger partial charge < -0.3 is 107 Å². The average Bonchev–Trinajstić information content (AvgIpc) is 1.63. The molecular weight excluding hydrogens is 1820 g/mol. The number of ether oxygens (including phenoxy) is 15. The number of aliphatic hydroxyl groups excluding tert-OH is 7. The van der Waals surface area contributed by atoms with E-state index in [-0.39, 0.29) is 82.7 Å². The lowest BCUT2D eigenvalue weighted by Gasteiger charge is -2.56. The minimum atomic E-state index is -3.16. The van der Waals surface area contributed by atoms with Gasteiger partial charge in [-0.1, -0.05) is 253 Å². The zero-order valence-corrected chi connectivity index (χ0v) is 76.3. The van der Waals surface area contributed by atoms with Crippen LogP contribution in [0.25, 0.3) is 0 Å².